The largest absolute Gasteiger partial charge is 0.444 e. The number of anilines is 1. The summed E-state index contributed by atoms with van der Waals surface area (Å²) in [6.07, 6.45) is -0.299. The Morgan fingerprint density at radius 3 is 2.59 bits per heavy atom. The summed E-state index contributed by atoms with van der Waals surface area (Å²) < 4.78 is 5.49. The lowest BCUT2D eigenvalue weighted by Crippen LogP contribution is -2.50. The maximum absolute atomic E-state index is 13.6. The predicted molar refractivity (Wildman–Crippen MR) is 131 cm³/mol. The molecule has 34 heavy (non-hydrogen) atoms. The highest BCUT2D eigenvalue weighted by molar-refractivity contribution is 7.18. The molecule has 1 aliphatic heterocycles. The number of piperazine rings is 1. The quantitative estimate of drug-likeness (QED) is 0.557. The Hall–Kier alpha value is -3.38. The van der Waals surface area contributed by atoms with Crippen LogP contribution in [0.15, 0.2) is 18.2 Å². The molecule has 3 aromatic rings. The second-order valence-corrected chi connectivity index (χ2v) is 11.3. The molecule has 3 heterocycles. The Labute approximate surface area is 202 Å². The maximum atomic E-state index is 13.6. The van der Waals surface area contributed by atoms with Crippen LogP contribution in [0.1, 0.15) is 66.8 Å². The van der Waals surface area contributed by atoms with Crippen molar-refractivity contribution in [3.63, 3.8) is 0 Å². The molecule has 0 unspecified atom stereocenters. The summed E-state index contributed by atoms with van der Waals surface area (Å²) >= 11 is 1.42. The fourth-order valence-electron chi connectivity index (χ4n) is 4.63. The number of ether oxygens (including phenoxy) is 1. The van der Waals surface area contributed by atoms with Crippen LogP contribution in [0.2, 0.25) is 0 Å². The van der Waals surface area contributed by atoms with Gasteiger partial charge in [-0.25, -0.2) is 9.78 Å². The highest BCUT2D eigenvalue weighted by Crippen LogP contribution is 2.46. The van der Waals surface area contributed by atoms with Gasteiger partial charge in [0.05, 0.1) is 22.9 Å². The number of H-pyrrole nitrogens is 1. The minimum Gasteiger partial charge on any atom is -0.444 e. The molecule has 0 radical (unpaired) electrons. The Balaban J connectivity index is 1.43. The lowest BCUT2D eigenvalue weighted by Gasteiger charge is -2.35. The summed E-state index contributed by atoms with van der Waals surface area (Å²) in [5.74, 6) is -0.0311. The van der Waals surface area contributed by atoms with Crippen LogP contribution in [0.5, 0.6) is 0 Å². The number of rotatable bonds is 1. The molecule has 0 atom stereocenters. The van der Waals surface area contributed by atoms with Crippen LogP contribution in [-0.2, 0) is 10.2 Å². The van der Waals surface area contributed by atoms with Gasteiger partial charge in [-0.3, -0.25) is 4.79 Å². The van der Waals surface area contributed by atoms with E-state index in [9.17, 15) is 14.9 Å². The van der Waals surface area contributed by atoms with Crippen molar-refractivity contribution in [1.29, 1.82) is 5.26 Å². The molecule has 2 aliphatic rings. The van der Waals surface area contributed by atoms with E-state index in [1.165, 1.54) is 11.3 Å². The molecule has 0 bridgehead atoms. The van der Waals surface area contributed by atoms with Crippen molar-refractivity contribution in [2.75, 3.05) is 31.1 Å². The van der Waals surface area contributed by atoms with E-state index in [1.54, 1.807) is 17.0 Å². The zero-order valence-electron chi connectivity index (χ0n) is 20.0. The minimum atomic E-state index is -0.523. The summed E-state index contributed by atoms with van der Waals surface area (Å²) in [6, 6.07) is 7.53. The number of amides is 1. The number of aromatic amines is 1. The van der Waals surface area contributed by atoms with Gasteiger partial charge >= 0.3 is 6.09 Å². The molecule has 1 saturated heterocycles. The minimum absolute atomic E-state index is 0.0311. The maximum Gasteiger partial charge on any atom is 0.410 e. The number of thiazole rings is 1. The molecular formula is C25H27N5O3S. The monoisotopic (exact) mass is 477 g/mol. The number of nitrogens with one attached hydrogen (secondary N) is 1. The molecule has 1 N–H and O–H groups in total. The van der Waals surface area contributed by atoms with Crippen molar-refractivity contribution in [1.82, 2.24) is 14.9 Å². The highest BCUT2D eigenvalue weighted by atomic mass is 32.1. The molecule has 1 fully saturated rings. The van der Waals surface area contributed by atoms with Crippen LogP contribution in [0, 0.1) is 11.3 Å². The van der Waals surface area contributed by atoms with Crippen LogP contribution in [-0.4, -0.2) is 58.5 Å². The van der Waals surface area contributed by atoms with Crippen LogP contribution >= 0.6 is 11.3 Å². The molecule has 0 saturated carbocycles. The van der Waals surface area contributed by atoms with E-state index < -0.39 is 11.0 Å². The molecule has 9 heteroatoms. The number of fused-ring (bicyclic) bond motifs is 4. The number of ketones is 1. The van der Waals surface area contributed by atoms with Gasteiger partial charge in [0.1, 0.15) is 10.5 Å². The molecule has 8 nitrogen and oxygen atoms in total. The number of aromatic nitrogens is 2. The summed E-state index contributed by atoms with van der Waals surface area (Å²) in [7, 11) is 0. The fraction of sp³-hybridized carbons (Fsp3) is 0.440. The molecule has 1 amide bonds. The van der Waals surface area contributed by atoms with Crippen LogP contribution in [0.25, 0.3) is 10.9 Å². The SMILES string of the molecule is CC(C)(C)OC(=O)N1CCN(c2nc3c(s2)C(=O)c2c([nH]c4cc(C#N)ccc24)C3(C)C)CC1. The second-order valence-electron chi connectivity index (χ2n) is 10.3. The van der Waals surface area contributed by atoms with E-state index in [-0.39, 0.29) is 11.9 Å². The molecule has 2 aromatic heterocycles. The first-order chi connectivity index (χ1) is 16.0. The zero-order chi connectivity index (χ0) is 24.4. The van der Waals surface area contributed by atoms with Gasteiger partial charge in [-0.05, 0) is 46.8 Å². The average Bonchev–Trinajstić information content (AvgIpc) is 3.40. The highest BCUT2D eigenvalue weighted by Gasteiger charge is 2.43. The van der Waals surface area contributed by atoms with E-state index in [1.807, 2.05) is 26.8 Å². The van der Waals surface area contributed by atoms with Gasteiger partial charge in [-0.1, -0.05) is 17.4 Å². The first-order valence-electron chi connectivity index (χ1n) is 11.3. The normalized spacial score (nSPS) is 17.4. The van der Waals surface area contributed by atoms with Crippen LogP contribution in [0.3, 0.4) is 0 Å². The number of carbonyl (C=O) groups excluding carboxylic acids is 2. The average molecular weight is 478 g/mol. The van der Waals surface area contributed by atoms with Gasteiger partial charge < -0.3 is 19.5 Å². The van der Waals surface area contributed by atoms with Gasteiger partial charge in [0.2, 0.25) is 5.78 Å². The van der Waals surface area contributed by atoms with Gasteiger partial charge in [0, 0.05) is 48.2 Å². The first kappa shape index (κ1) is 22.4. The third kappa shape index (κ3) is 3.53. The Morgan fingerprint density at radius 2 is 1.94 bits per heavy atom. The molecule has 176 valence electrons. The van der Waals surface area contributed by atoms with E-state index in [2.05, 4.69) is 29.8 Å². The topological polar surface area (TPSA) is 102 Å². The molecule has 5 rings (SSSR count). The van der Waals surface area contributed by atoms with Crippen LogP contribution < -0.4 is 4.90 Å². The Kier molecular flexibility index (Phi) is 4.99. The fourth-order valence-corrected chi connectivity index (χ4v) is 5.86. The van der Waals surface area contributed by atoms with E-state index in [0.717, 1.165) is 27.4 Å². The van der Waals surface area contributed by atoms with Gasteiger partial charge in [-0.2, -0.15) is 5.26 Å². The van der Waals surface area contributed by atoms with Crippen molar-refractivity contribution in [2.45, 2.75) is 45.6 Å². The molecular weight excluding hydrogens is 450 g/mol. The number of hydrogen-bond acceptors (Lipinski definition) is 7. The lowest BCUT2D eigenvalue weighted by molar-refractivity contribution is 0.0240. The summed E-state index contributed by atoms with van der Waals surface area (Å²) in [6.45, 7) is 12.1. The number of carbonyl (C=O) groups is 2. The van der Waals surface area contributed by atoms with Gasteiger partial charge in [0.15, 0.2) is 5.13 Å². The third-order valence-electron chi connectivity index (χ3n) is 6.40. The number of hydrogen-bond donors (Lipinski definition) is 1. The van der Waals surface area contributed by atoms with Crippen molar-refractivity contribution in [2.24, 2.45) is 0 Å². The molecule has 1 aromatic carbocycles. The Morgan fingerprint density at radius 1 is 1.24 bits per heavy atom. The Bertz CT molecular complexity index is 1360. The van der Waals surface area contributed by atoms with Crippen molar-refractivity contribution >= 4 is 39.2 Å². The van der Waals surface area contributed by atoms with E-state index >= 15 is 0 Å². The van der Waals surface area contributed by atoms with Crippen molar-refractivity contribution in [3.05, 3.63) is 45.6 Å². The number of nitriles is 1. The standard InChI is InChI=1S/C25H27N5O3S/c1-24(2,3)33-23(32)30-10-8-29(9-11-30)22-28-21-19(34-22)18(31)17-15-7-6-14(13-26)12-16(15)27-20(17)25(21,4)5/h6-7,12,27H,8-11H2,1-5H3. The number of nitrogens with zero attached hydrogens (tertiary/aromatic N) is 4. The number of benzene rings is 1. The van der Waals surface area contributed by atoms with E-state index in [0.29, 0.717) is 42.2 Å². The third-order valence-corrected chi connectivity index (χ3v) is 7.51. The smallest absolute Gasteiger partial charge is 0.410 e. The predicted octanol–water partition coefficient (Wildman–Crippen LogP) is 4.42. The second kappa shape index (κ2) is 7.57. The summed E-state index contributed by atoms with van der Waals surface area (Å²) in [4.78, 5) is 38.8. The van der Waals surface area contributed by atoms with Crippen LogP contribution in [0.4, 0.5) is 9.93 Å². The van der Waals surface area contributed by atoms with E-state index in [4.69, 9.17) is 9.72 Å². The summed E-state index contributed by atoms with van der Waals surface area (Å²) in [5.41, 5.74) is 2.61. The van der Waals surface area contributed by atoms with Crippen molar-refractivity contribution < 1.29 is 14.3 Å². The molecule has 0 spiro atoms. The zero-order valence-corrected chi connectivity index (χ0v) is 20.8. The van der Waals surface area contributed by atoms with Crippen molar-refractivity contribution in [3.8, 4) is 6.07 Å². The summed E-state index contributed by atoms with van der Waals surface area (Å²) in [5, 5.41) is 10.9. The first-order valence-corrected chi connectivity index (χ1v) is 12.2. The van der Waals surface area contributed by atoms with Gasteiger partial charge in [0.25, 0.3) is 0 Å². The lowest BCUT2D eigenvalue weighted by atomic mass is 9.77. The van der Waals surface area contributed by atoms with Gasteiger partial charge in [-0.15, -0.1) is 0 Å². The molecule has 1 aliphatic carbocycles.